The molecule has 0 spiro atoms. The maximum absolute atomic E-state index is 12.1. The lowest BCUT2D eigenvalue weighted by molar-refractivity contribution is 0.0438. The van der Waals surface area contributed by atoms with Crippen molar-refractivity contribution in [3.63, 3.8) is 0 Å². The zero-order valence-electron chi connectivity index (χ0n) is 9.52. The minimum Gasteiger partial charge on any atom is -0.390 e. The van der Waals surface area contributed by atoms with Gasteiger partial charge in [0, 0.05) is 13.1 Å². The van der Waals surface area contributed by atoms with Crippen molar-refractivity contribution in [2.45, 2.75) is 31.8 Å². The van der Waals surface area contributed by atoms with Crippen LogP contribution >= 0.6 is 22.9 Å². The maximum Gasteiger partial charge on any atom is 0.284 e. The van der Waals surface area contributed by atoms with Gasteiger partial charge in [0.25, 0.3) is 5.91 Å². The number of aromatic nitrogens is 2. The Hall–Kier alpha value is -0.720. The standard InChI is InChI=1S/C10H14ClN3O2S/c1-10(16)3-2-5-14(6-4-10)8(15)7-12-13-9(11)17-7/h16H,2-6H2,1H3. The number of carbonyl (C=O) groups is 1. The highest BCUT2D eigenvalue weighted by atomic mass is 35.5. The Labute approximate surface area is 108 Å². The van der Waals surface area contributed by atoms with Crippen molar-refractivity contribution in [1.82, 2.24) is 15.1 Å². The molecule has 1 aliphatic heterocycles. The second-order valence-electron chi connectivity index (χ2n) is 4.50. The Kier molecular flexibility index (Phi) is 3.65. The molecule has 1 aromatic heterocycles. The fourth-order valence-electron chi connectivity index (χ4n) is 1.89. The predicted octanol–water partition coefficient (Wildman–Crippen LogP) is 1.57. The van der Waals surface area contributed by atoms with Crippen LogP contribution in [0.15, 0.2) is 0 Å². The SMILES string of the molecule is CC1(O)CCCN(C(=O)c2nnc(Cl)s2)CC1. The summed E-state index contributed by atoms with van der Waals surface area (Å²) in [5.74, 6) is -0.146. The lowest BCUT2D eigenvalue weighted by Crippen LogP contribution is -2.33. The Bertz CT molecular complexity index is 421. The van der Waals surface area contributed by atoms with Crippen LogP contribution in [0, 0.1) is 0 Å². The zero-order valence-corrected chi connectivity index (χ0v) is 11.1. The molecule has 1 N–H and O–H groups in total. The number of aliphatic hydroxyl groups is 1. The Balaban J connectivity index is 2.05. The molecular weight excluding hydrogens is 262 g/mol. The van der Waals surface area contributed by atoms with Crippen molar-refractivity contribution in [3.8, 4) is 0 Å². The largest absolute Gasteiger partial charge is 0.390 e. The van der Waals surface area contributed by atoms with Gasteiger partial charge < -0.3 is 10.0 Å². The van der Waals surface area contributed by atoms with Crippen LogP contribution in [0.2, 0.25) is 4.47 Å². The highest BCUT2D eigenvalue weighted by Crippen LogP contribution is 2.23. The van der Waals surface area contributed by atoms with Gasteiger partial charge in [-0.3, -0.25) is 4.79 Å². The van der Waals surface area contributed by atoms with E-state index in [0.29, 0.717) is 30.9 Å². The van der Waals surface area contributed by atoms with Crippen molar-refractivity contribution in [2.75, 3.05) is 13.1 Å². The van der Waals surface area contributed by atoms with Gasteiger partial charge in [0.1, 0.15) is 0 Å². The molecule has 0 saturated carbocycles. The van der Waals surface area contributed by atoms with E-state index in [1.165, 1.54) is 0 Å². The molecule has 1 saturated heterocycles. The van der Waals surface area contributed by atoms with E-state index in [1.54, 1.807) is 4.90 Å². The van der Waals surface area contributed by atoms with Gasteiger partial charge in [-0.25, -0.2) is 0 Å². The molecule has 1 aromatic rings. The summed E-state index contributed by atoms with van der Waals surface area (Å²) in [7, 11) is 0. The van der Waals surface area contributed by atoms with Crippen LogP contribution in [0.25, 0.3) is 0 Å². The first kappa shape index (κ1) is 12.7. The van der Waals surface area contributed by atoms with E-state index in [-0.39, 0.29) is 10.4 Å². The Morgan fingerprint density at radius 1 is 1.47 bits per heavy atom. The van der Waals surface area contributed by atoms with Crippen LogP contribution in [-0.4, -0.2) is 44.8 Å². The average Bonchev–Trinajstić information content (AvgIpc) is 2.60. The molecule has 0 radical (unpaired) electrons. The third-order valence-corrected chi connectivity index (χ3v) is 3.94. The number of likely N-dealkylation sites (tertiary alicyclic amines) is 1. The number of amides is 1. The monoisotopic (exact) mass is 275 g/mol. The minimum atomic E-state index is -0.673. The molecule has 2 heterocycles. The van der Waals surface area contributed by atoms with Crippen molar-refractivity contribution in [2.24, 2.45) is 0 Å². The Morgan fingerprint density at radius 2 is 2.24 bits per heavy atom. The molecule has 0 aliphatic carbocycles. The molecule has 1 unspecified atom stereocenters. The van der Waals surface area contributed by atoms with Gasteiger partial charge in [0.2, 0.25) is 9.47 Å². The number of nitrogens with zero attached hydrogens (tertiary/aromatic N) is 3. The summed E-state index contributed by atoms with van der Waals surface area (Å²) in [4.78, 5) is 13.8. The molecule has 0 aromatic carbocycles. The van der Waals surface area contributed by atoms with Crippen molar-refractivity contribution >= 4 is 28.8 Å². The van der Waals surface area contributed by atoms with Crippen LogP contribution in [0.4, 0.5) is 0 Å². The third-order valence-electron chi connectivity index (χ3n) is 2.93. The topological polar surface area (TPSA) is 66.3 Å². The van der Waals surface area contributed by atoms with E-state index < -0.39 is 5.60 Å². The molecule has 0 bridgehead atoms. The van der Waals surface area contributed by atoms with Gasteiger partial charge >= 0.3 is 0 Å². The van der Waals surface area contributed by atoms with Gasteiger partial charge in [-0.15, -0.1) is 10.2 Å². The molecule has 1 amide bonds. The Morgan fingerprint density at radius 3 is 2.88 bits per heavy atom. The number of halogens is 1. The van der Waals surface area contributed by atoms with Crippen LogP contribution in [0.5, 0.6) is 0 Å². The van der Waals surface area contributed by atoms with E-state index >= 15 is 0 Å². The van der Waals surface area contributed by atoms with Crippen molar-refractivity contribution in [1.29, 1.82) is 0 Å². The lowest BCUT2D eigenvalue weighted by Gasteiger charge is -2.21. The summed E-state index contributed by atoms with van der Waals surface area (Å²) in [6.07, 6.45) is 2.10. The van der Waals surface area contributed by atoms with Gasteiger partial charge in [0.15, 0.2) is 0 Å². The quantitative estimate of drug-likeness (QED) is 0.845. The molecular formula is C10H14ClN3O2S. The third kappa shape index (κ3) is 3.14. The molecule has 94 valence electrons. The molecule has 2 rings (SSSR count). The van der Waals surface area contributed by atoms with E-state index in [2.05, 4.69) is 10.2 Å². The highest BCUT2D eigenvalue weighted by molar-refractivity contribution is 7.17. The van der Waals surface area contributed by atoms with Crippen LogP contribution in [0.3, 0.4) is 0 Å². The fraction of sp³-hybridized carbons (Fsp3) is 0.700. The number of hydrogen-bond acceptors (Lipinski definition) is 5. The number of carbonyl (C=O) groups excluding carboxylic acids is 1. The van der Waals surface area contributed by atoms with Crippen molar-refractivity contribution in [3.05, 3.63) is 9.47 Å². The number of rotatable bonds is 1. The molecule has 1 aliphatic rings. The lowest BCUT2D eigenvalue weighted by atomic mass is 9.98. The molecule has 1 fully saturated rings. The molecule has 7 heteroatoms. The van der Waals surface area contributed by atoms with E-state index in [9.17, 15) is 9.90 Å². The summed E-state index contributed by atoms with van der Waals surface area (Å²) in [6, 6.07) is 0. The second-order valence-corrected chi connectivity index (χ2v) is 6.06. The van der Waals surface area contributed by atoms with Crippen molar-refractivity contribution < 1.29 is 9.90 Å². The van der Waals surface area contributed by atoms with Gasteiger partial charge in [-0.1, -0.05) is 11.3 Å². The minimum absolute atomic E-state index is 0.146. The van der Waals surface area contributed by atoms with Gasteiger partial charge in [0.05, 0.1) is 5.60 Å². The first-order valence-electron chi connectivity index (χ1n) is 5.49. The molecule has 5 nitrogen and oxygen atoms in total. The van der Waals surface area contributed by atoms with E-state index in [4.69, 9.17) is 11.6 Å². The summed E-state index contributed by atoms with van der Waals surface area (Å²) >= 11 is 6.74. The number of hydrogen-bond donors (Lipinski definition) is 1. The second kappa shape index (κ2) is 4.88. The van der Waals surface area contributed by atoms with Crippen LogP contribution in [0.1, 0.15) is 36.0 Å². The van der Waals surface area contributed by atoms with Crippen LogP contribution < -0.4 is 0 Å². The van der Waals surface area contributed by atoms with E-state index in [1.807, 2.05) is 6.92 Å². The maximum atomic E-state index is 12.1. The summed E-state index contributed by atoms with van der Waals surface area (Å²) < 4.78 is 0.273. The first-order valence-corrected chi connectivity index (χ1v) is 6.68. The summed E-state index contributed by atoms with van der Waals surface area (Å²) in [6.45, 7) is 3.00. The summed E-state index contributed by atoms with van der Waals surface area (Å²) in [5, 5.41) is 17.6. The molecule has 1 atom stereocenters. The first-order chi connectivity index (χ1) is 7.98. The predicted molar refractivity (Wildman–Crippen MR) is 65.3 cm³/mol. The highest BCUT2D eigenvalue weighted by Gasteiger charge is 2.28. The average molecular weight is 276 g/mol. The van der Waals surface area contributed by atoms with Crippen LogP contribution in [-0.2, 0) is 0 Å². The summed E-state index contributed by atoms with van der Waals surface area (Å²) in [5.41, 5.74) is -0.673. The zero-order chi connectivity index (χ0) is 12.5. The van der Waals surface area contributed by atoms with Gasteiger partial charge in [-0.05, 0) is 37.8 Å². The molecule has 17 heavy (non-hydrogen) atoms. The fourth-order valence-corrected chi connectivity index (χ4v) is 2.69. The van der Waals surface area contributed by atoms with E-state index in [0.717, 1.165) is 17.8 Å². The smallest absolute Gasteiger partial charge is 0.284 e. The normalized spacial score (nSPS) is 25.7. The van der Waals surface area contributed by atoms with Gasteiger partial charge in [-0.2, -0.15) is 0 Å².